The molecule has 8 rings (SSSR count). The van der Waals surface area contributed by atoms with E-state index in [9.17, 15) is 0 Å². The van der Waals surface area contributed by atoms with E-state index in [2.05, 4.69) is 132 Å². The number of fused-ring (bicyclic) bond motifs is 10. The first-order chi connectivity index (χ1) is 20.2. The van der Waals surface area contributed by atoms with Gasteiger partial charge in [0.2, 0.25) is 0 Å². The van der Waals surface area contributed by atoms with Gasteiger partial charge in [-0.15, -0.1) is 0 Å². The summed E-state index contributed by atoms with van der Waals surface area (Å²) in [6, 6.07) is 35.5. The maximum Gasteiger partial charge on any atom is 0.0692 e. The molecule has 3 heterocycles. The van der Waals surface area contributed by atoms with Crippen LogP contribution in [0.5, 0.6) is 0 Å². The SMILES string of the molecule is C=C/C=C\C(=C/C)c1ccc(-n2c3ccccc3c3ccc4c(c32)Sc2ccc3c([nH]c5ccccc53)c2S4)cc1. The van der Waals surface area contributed by atoms with E-state index in [0.29, 0.717) is 0 Å². The summed E-state index contributed by atoms with van der Waals surface area (Å²) >= 11 is 3.78. The summed E-state index contributed by atoms with van der Waals surface area (Å²) in [5, 5.41) is 5.13. The van der Waals surface area contributed by atoms with E-state index < -0.39 is 0 Å². The Morgan fingerprint density at radius 1 is 0.732 bits per heavy atom. The molecule has 4 heteroatoms. The Kier molecular flexibility index (Phi) is 5.73. The zero-order chi connectivity index (χ0) is 27.5. The first-order valence-corrected chi connectivity index (χ1v) is 15.4. The fourth-order valence-corrected chi connectivity index (χ4v) is 8.56. The molecule has 0 saturated heterocycles. The average Bonchev–Trinajstić information content (AvgIpc) is 3.57. The first kappa shape index (κ1) is 24.4. The van der Waals surface area contributed by atoms with Gasteiger partial charge in [0, 0.05) is 42.5 Å². The molecule has 41 heavy (non-hydrogen) atoms. The number of hydrogen-bond acceptors (Lipinski definition) is 2. The number of benzene rings is 5. The van der Waals surface area contributed by atoms with Gasteiger partial charge in [-0.3, -0.25) is 0 Å². The Labute approximate surface area is 247 Å². The van der Waals surface area contributed by atoms with Crippen LogP contribution in [0, 0.1) is 0 Å². The van der Waals surface area contributed by atoms with Gasteiger partial charge < -0.3 is 9.55 Å². The van der Waals surface area contributed by atoms with Crippen molar-refractivity contribution < 1.29 is 0 Å². The zero-order valence-corrected chi connectivity index (χ0v) is 24.2. The summed E-state index contributed by atoms with van der Waals surface area (Å²) in [7, 11) is 0. The van der Waals surface area contributed by atoms with Crippen molar-refractivity contribution in [2.24, 2.45) is 0 Å². The van der Waals surface area contributed by atoms with Crippen LogP contribution in [0.25, 0.3) is 54.9 Å². The number of rotatable bonds is 4. The number of para-hydroxylation sites is 2. The maximum absolute atomic E-state index is 3.82. The van der Waals surface area contributed by atoms with Crippen molar-refractivity contribution >= 4 is 72.7 Å². The van der Waals surface area contributed by atoms with Crippen LogP contribution in [0.3, 0.4) is 0 Å². The number of hydrogen-bond donors (Lipinski definition) is 1. The van der Waals surface area contributed by atoms with E-state index in [1.807, 2.05) is 35.7 Å². The van der Waals surface area contributed by atoms with Crippen LogP contribution in [-0.2, 0) is 0 Å². The van der Waals surface area contributed by atoms with Gasteiger partial charge in [0.1, 0.15) is 0 Å². The zero-order valence-electron chi connectivity index (χ0n) is 22.5. The van der Waals surface area contributed by atoms with E-state index >= 15 is 0 Å². The van der Waals surface area contributed by atoms with Gasteiger partial charge in [-0.1, -0.05) is 115 Å². The van der Waals surface area contributed by atoms with E-state index in [0.717, 1.165) is 0 Å². The molecule has 0 atom stereocenters. The molecule has 0 bridgehead atoms. The minimum Gasteiger partial charge on any atom is -0.354 e. The average molecular weight is 563 g/mol. The molecule has 0 saturated carbocycles. The van der Waals surface area contributed by atoms with Crippen LogP contribution in [0.1, 0.15) is 12.5 Å². The fourth-order valence-electron chi connectivity index (χ4n) is 6.07. The van der Waals surface area contributed by atoms with Crippen molar-refractivity contribution in [1.82, 2.24) is 9.55 Å². The molecule has 7 aromatic rings. The molecule has 2 aromatic heterocycles. The van der Waals surface area contributed by atoms with Crippen molar-refractivity contribution in [2.75, 3.05) is 0 Å². The molecular formula is C37H26N2S2. The summed E-state index contributed by atoms with van der Waals surface area (Å²) in [6.07, 6.45) is 8.05. The van der Waals surface area contributed by atoms with Gasteiger partial charge in [0.25, 0.3) is 0 Å². The highest BCUT2D eigenvalue weighted by Crippen LogP contribution is 2.54. The van der Waals surface area contributed by atoms with Crippen LogP contribution in [-0.4, -0.2) is 9.55 Å². The lowest BCUT2D eigenvalue weighted by Crippen LogP contribution is -1.98. The van der Waals surface area contributed by atoms with Gasteiger partial charge in [-0.05, 0) is 54.5 Å². The number of aromatic nitrogens is 2. The Balaban J connectivity index is 1.32. The van der Waals surface area contributed by atoms with Crippen molar-refractivity contribution in [3.8, 4) is 5.69 Å². The third-order valence-electron chi connectivity index (χ3n) is 7.96. The summed E-state index contributed by atoms with van der Waals surface area (Å²) < 4.78 is 2.45. The summed E-state index contributed by atoms with van der Waals surface area (Å²) in [6.45, 7) is 5.89. The highest BCUT2D eigenvalue weighted by molar-refractivity contribution is 8.05. The predicted molar refractivity (Wildman–Crippen MR) is 178 cm³/mol. The monoisotopic (exact) mass is 562 g/mol. The van der Waals surface area contributed by atoms with Gasteiger partial charge >= 0.3 is 0 Å². The lowest BCUT2D eigenvalue weighted by Gasteiger charge is -2.21. The standard InChI is InChI=1S/C37H26N2S2/c1-3-5-10-23(4-2)24-15-17-25(18-16-24)39-31-14-9-7-12-27(31)29-20-22-33-37(35(29)39)41-32-21-19-28-26-11-6-8-13-30(26)38-34(28)36(32)40-33/h3-22,38H,1H2,2H3/b10-5-,23-4+. The third-order valence-corrected chi connectivity index (χ3v) is 10.6. The Morgan fingerprint density at radius 2 is 1.44 bits per heavy atom. The molecule has 1 aliphatic rings. The second-order valence-corrected chi connectivity index (χ2v) is 12.3. The van der Waals surface area contributed by atoms with Crippen LogP contribution >= 0.6 is 23.5 Å². The summed E-state index contributed by atoms with van der Waals surface area (Å²) in [5.74, 6) is 0. The Bertz CT molecular complexity index is 2230. The lowest BCUT2D eigenvalue weighted by molar-refractivity contribution is 1.12. The normalized spacial score (nSPS) is 13.4. The molecule has 1 aliphatic heterocycles. The number of H-pyrrole nitrogens is 1. The number of allylic oxidation sites excluding steroid dienone is 5. The van der Waals surface area contributed by atoms with Crippen molar-refractivity contribution in [1.29, 1.82) is 0 Å². The smallest absolute Gasteiger partial charge is 0.0692 e. The molecule has 0 fully saturated rings. The minimum atomic E-state index is 1.17. The van der Waals surface area contributed by atoms with Gasteiger partial charge in [0.15, 0.2) is 0 Å². The van der Waals surface area contributed by atoms with Crippen molar-refractivity contribution in [3.63, 3.8) is 0 Å². The van der Waals surface area contributed by atoms with Crippen LogP contribution in [0.4, 0.5) is 0 Å². The molecule has 0 unspecified atom stereocenters. The van der Waals surface area contributed by atoms with Crippen LogP contribution in [0.2, 0.25) is 0 Å². The Hall–Kier alpha value is -4.38. The van der Waals surface area contributed by atoms with Crippen molar-refractivity contribution in [2.45, 2.75) is 26.5 Å². The highest BCUT2D eigenvalue weighted by atomic mass is 32.2. The summed E-state index contributed by atoms with van der Waals surface area (Å²) in [5.41, 5.74) is 8.46. The quantitative estimate of drug-likeness (QED) is 0.215. The first-order valence-electron chi connectivity index (χ1n) is 13.8. The molecular weight excluding hydrogens is 537 g/mol. The van der Waals surface area contributed by atoms with E-state index in [-0.39, 0.29) is 0 Å². The maximum atomic E-state index is 3.82. The molecule has 5 aromatic carbocycles. The molecule has 1 N–H and O–H groups in total. The number of nitrogens with zero attached hydrogens (tertiary/aromatic N) is 1. The molecule has 0 radical (unpaired) electrons. The van der Waals surface area contributed by atoms with Gasteiger partial charge in [-0.25, -0.2) is 0 Å². The molecule has 196 valence electrons. The second kappa shape index (κ2) is 9.62. The molecule has 2 nitrogen and oxygen atoms in total. The van der Waals surface area contributed by atoms with E-state index in [1.165, 1.54) is 80.0 Å². The topological polar surface area (TPSA) is 20.7 Å². The van der Waals surface area contributed by atoms with Gasteiger partial charge in [0.05, 0.1) is 26.3 Å². The highest BCUT2D eigenvalue weighted by Gasteiger charge is 2.26. The predicted octanol–water partition coefficient (Wildman–Crippen LogP) is 11.2. The van der Waals surface area contributed by atoms with E-state index in [4.69, 9.17) is 0 Å². The van der Waals surface area contributed by atoms with E-state index in [1.54, 1.807) is 0 Å². The molecule has 0 aliphatic carbocycles. The van der Waals surface area contributed by atoms with Crippen LogP contribution in [0.15, 0.2) is 148 Å². The second-order valence-electron chi connectivity index (χ2n) is 10.2. The van der Waals surface area contributed by atoms with Crippen molar-refractivity contribution in [3.05, 3.63) is 134 Å². The summed E-state index contributed by atoms with van der Waals surface area (Å²) in [4.78, 5) is 8.94. The number of aromatic amines is 1. The molecule has 0 amide bonds. The fraction of sp³-hybridized carbons (Fsp3) is 0.0270. The van der Waals surface area contributed by atoms with Gasteiger partial charge in [-0.2, -0.15) is 0 Å². The Morgan fingerprint density at radius 3 is 2.24 bits per heavy atom. The number of nitrogens with one attached hydrogen (secondary N) is 1. The largest absolute Gasteiger partial charge is 0.354 e. The minimum absolute atomic E-state index is 1.17. The molecule has 0 spiro atoms. The third kappa shape index (κ3) is 3.75. The van der Waals surface area contributed by atoms with Crippen LogP contribution < -0.4 is 0 Å². The lowest BCUT2D eigenvalue weighted by atomic mass is 10.0.